The van der Waals surface area contributed by atoms with Gasteiger partial charge in [0.15, 0.2) is 5.75 Å². The van der Waals surface area contributed by atoms with Crippen molar-refractivity contribution in [3.05, 3.63) is 47.8 Å². The van der Waals surface area contributed by atoms with Gasteiger partial charge in [0, 0.05) is 23.2 Å². The van der Waals surface area contributed by atoms with Crippen molar-refractivity contribution in [2.45, 2.75) is 6.10 Å². The first-order valence-electron chi connectivity index (χ1n) is 7.06. The van der Waals surface area contributed by atoms with Crippen molar-refractivity contribution in [3.63, 3.8) is 0 Å². The van der Waals surface area contributed by atoms with Crippen molar-refractivity contribution in [2.75, 3.05) is 13.1 Å². The summed E-state index contributed by atoms with van der Waals surface area (Å²) in [6.07, 6.45) is 0.272. The van der Waals surface area contributed by atoms with Gasteiger partial charge in [-0.05, 0) is 42.5 Å². The zero-order chi connectivity index (χ0) is 14.9. The summed E-state index contributed by atoms with van der Waals surface area (Å²) in [5.41, 5.74) is 0. The average Bonchev–Trinajstić information content (AvgIpc) is 2.87. The molecule has 4 rings (SSSR count). The van der Waals surface area contributed by atoms with Crippen molar-refractivity contribution in [1.29, 1.82) is 0 Å². The Morgan fingerprint density at radius 2 is 1.86 bits per heavy atom. The third-order valence-corrected chi connectivity index (χ3v) is 4.40. The van der Waals surface area contributed by atoms with Crippen LogP contribution in [0, 0.1) is 5.38 Å². The number of phenols is 1. The second-order valence-electron chi connectivity index (χ2n) is 5.19. The van der Waals surface area contributed by atoms with Crippen LogP contribution in [-0.4, -0.2) is 24.3 Å². The second kappa shape index (κ2) is 5.51. The summed E-state index contributed by atoms with van der Waals surface area (Å²) in [5.74, 6) is 2.52. The minimum atomic E-state index is 0.251. The third kappa shape index (κ3) is 2.61. The highest BCUT2D eigenvalue weighted by molar-refractivity contribution is 7.17. The van der Waals surface area contributed by atoms with Gasteiger partial charge in [-0.1, -0.05) is 0 Å². The van der Waals surface area contributed by atoms with Gasteiger partial charge in [0.25, 0.3) is 0 Å². The normalized spacial score (nSPS) is 14.7. The molecule has 1 aliphatic rings. The van der Waals surface area contributed by atoms with Crippen LogP contribution in [0.25, 0.3) is 10.1 Å². The van der Waals surface area contributed by atoms with Crippen molar-refractivity contribution in [2.24, 2.45) is 0 Å². The number of rotatable bonds is 4. The molecule has 1 saturated heterocycles. The van der Waals surface area contributed by atoms with Gasteiger partial charge in [0.05, 0.1) is 5.38 Å². The first kappa shape index (κ1) is 13.4. The Morgan fingerprint density at radius 1 is 1.09 bits per heavy atom. The van der Waals surface area contributed by atoms with E-state index in [1.165, 1.54) is 11.3 Å². The smallest absolute Gasteiger partial charge is 0.154 e. The molecular weight excluding hydrogens is 298 g/mol. The van der Waals surface area contributed by atoms with Gasteiger partial charge in [0.2, 0.25) is 0 Å². The maximum atomic E-state index is 9.49. The average molecular weight is 312 g/mol. The lowest BCUT2D eigenvalue weighted by atomic mass is 10.2. The Morgan fingerprint density at radius 3 is 2.59 bits per heavy atom. The topological polar surface area (TPSA) is 50.7 Å². The maximum absolute atomic E-state index is 9.49. The molecule has 0 amide bonds. The number of hydrogen-bond acceptors (Lipinski definition) is 5. The fourth-order valence-corrected chi connectivity index (χ4v) is 3.06. The molecule has 0 spiro atoms. The lowest BCUT2D eigenvalue weighted by Gasteiger charge is -2.27. The Hall–Kier alpha value is -2.24. The van der Waals surface area contributed by atoms with Crippen molar-refractivity contribution in [3.8, 4) is 23.0 Å². The van der Waals surface area contributed by atoms with E-state index in [1.807, 2.05) is 30.3 Å². The molecule has 0 atom stereocenters. The highest BCUT2D eigenvalue weighted by Gasteiger charge is 2.18. The molecule has 0 unspecified atom stereocenters. The minimum absolute atomic E-state index is 0.251. The van der Waals surface area contributed by atoms with Crippen LogP contribution in [-0.2, 0) is 0 Å². The van der Waals surface area contributed by atoms with Crippen LogP contribution < -0.4 is 14.8 Å². The molecule has 1 radical (unpaired) electrons. The van der Waals surface area contributed by atoms with Gasteiger partial charge in [-0.25, -0.2) is 0 Å². The Labute approximate surface area is 131 Å². The van der Waals surface area contributed by atoms with E-state index in [4.69, 9.17) is 9.47 Å². The number of nitrogens with one attached hydrogen (secondary N) is 1. The lowest BCUT2D eigenvalue weighted by molar-refractivity contribution is 0.142. The molecule has 111 valence electrons. The summed E-state index contributed by atoms with van der Waals surface area (Å²) < 4.78 is 12.6. The molecule has 1 fully saturated rings. The van der Waals surface area contributed by atoms with Gasteiger partial charge in [0.1, 0.15) is 23.4 Å². The predicted octanol–water partition coefficient (Wildman–Crippen LogP) is 3.55. The van der Waals surface area contributed by atoms with Crippen LogP contribution in [0.3, 0.4) is 0 Å². The number of fused-ring (bicyclic) bond motifs is 1. The van der Waals surface area contributed by atoms with E-state index in [2.05, 4.69) is 10.7 Å². The fraction of sp³-hybridized carbons (Fsp3) is 0.176. The zero-order valence-corrected chi connectivity index (χ0v) is 12.5. The summed E-state index contributed by atoms with van der Waals surface area (Å²) in [6, 6.07) is 12.8. The lowest BCUT2D eigenvalue weighted by Crippen LogP contribution is -2.50. The molecule has 4 nitrogen and oxygen atoms in total. The molecule has 3 aromatic rings. The summed E-state index contributed by atoms with van der Waals surface area (Å²) in [4.78, 5) is 0. The molecule has 0 bridgehead atoms. The van der Waals surface area contributed by atoms with Gasteiger partial charge in [-0.15, -0.1) is 11.3 Å². The molecule has 2 N–H and O–H groups in total. The quantitative estimate of drug-likeness (QED) is 0.773. The Bertz CT molecular complexity index is 793. The van der Waals surface area contributed by atoms with Crippen molar-refractivity contribution < 1.29 is 14.6 Å². The zero-order valence-electron chi connectivity index (χ0n) is 11.7. The van der Waals surface area contributed by atoms with E-state index in [0.29, 0.717) is 5.75 Å². The van der Waals surface area contributed by atoms with Gasteiger partial charge >= 0.3 is 0 Å². The number of thiophene rings is 1. The second-order valence-corrected chi connectivity index (χ2v) is 6.03. The molecule has 0 aliphatic carbocycles. The van der Waals surface area contributed by atoms with Crippen LogP contribution in [0.5, 0.6) is 23.0 Å². The first-order valence-corrected chi connectivity index (χ1v) is 7.88. The molecule has 2 heterocycles. The van der Waals surface area contributed by atoms with Crippen LogP contribution in [0.15, 0.2) is 42.5 Å². The van der Waals surface area contributed by atoms with E-state index < -0.39 is 0 Å². The van der Waals surface area contributed by atoms with Crippen molar-refractivity contribution in [1.82, 2.24) is 5.32 Å². The summed E-state index contributed by atoms with van der Waals surface area (Å²) in [7, 11) is 0. The largest absolute Gasteiger partial charge is 0.508 e. The number of aromatic hydroxyl groups is 1. The highest BCUT2D eigenvalue weighted by atomic mass is 32.1. The number of hydrogen-bond donors (Lipinski definition) is 2. The third-order valence-electron chi connectivity index (χ3n) is 3.55. The summed E-state index contributed by atoms with van der Waals surface area (Å²) in [6.45, 7) is 1.81. The maximum Gasteiger partial charge on any atom is 0.154 e. The van der Waals surface area contributed by atoms with Gasteiger partial charge < -0.3 is 19.9 Å². The van der Waals surface area contributed by atoms with E-state index in [-0.39, 0.29) is 11.9 Å². The molecule has 22 heavy (non-hydrogen) atoms. The number of phenolic OH excluding ortho intramolecular Hbond substituents is 1. The van der Waals surface area contributed by atoms with Gasteiger partial charge in [-0.3, -0.25) is 0 Å². The summed E-state index contributed by atoms with van der Waals surface area (Å²) >= 11 is 1.43. The first-order chi connectivity index (χ1) is 10.8. The molecular formula is C17H14NO3S. The molecule has 1 aliphatic heterocycles. The van der Waals surface area contributed by atoms with Crippen LogP contribution in [0.4, 0.5) is 0 Å². The number of benzene rings is 2. The van der Waals surface area contributed by atoms with E-state index in [0.717, 1.165) is 34.7 Å². The fourth-order valence-electron chi connectivity index (χ4n) is 2.26. The van der Waals surface area contributed by atoms with E-state index in [9.17, 15) is 5.11 Å². The SMILES string of the molecule is Oc1ccc2c(Oc3ccc(OC4CNC4)cc3)[c]sc2c1. The molecule has 2 aromatic carbocycles. The summed E-state index contributed by atoms with van der Waals surface area (Å²) in [5, 5.41) is 16.7. The number of ether oxygens (including phenoxy) is 2. The Kier molecular flexibility index (Phi) is 3.36. The van der Waals surface area contributed by atoms with Crippen LogP contribution >= 0.6 is 11.3 Å². The molecule has 5 heteroatoms. The standard InChI is InChI=1S/C17H14NO3S/c19-11-1-6-15-16(10-22-17(15)7-11)21-13-4-2-12(3-5-13)20-14-8-18-9-14/h1-7,14,18-19H,8-9H2. The van der Waals surface area contributed by atoms with E-state index >= 15 is 0 Å². The molecule has 1 aromatic heterocycles. The highest BCUT2D eigenvalue weighted by Crippen LogP contribution is 2.36. The van der Waals surface area contributed by atoms with E-state index in [1.54, 1.807) is 12.1 Å². The Balaban J connectivity index is 1.51. The predicted molar refractivity (Wildman–Crippen MR) is 86.1 cm³/mol. The monoisotopic (exact) mass is 312 g/mol. The minimum Gasteiger partial charge on any atom is -0.508 e. The van der Waals surface area contributed by atoms with Gasteiger partial charge in [-0.2, -0.15) is 0 Å². The van der Waals surface area contributed by atoms with Crippen LogP contribution in [0.1, 0.15) is 0 Å². The van der Waals surface area contributed by atoms with Crippen LogP contribution in [0.2, 0.25) is 0 Å². The molecule has 0 saturated carbocycles. The van der Waals surface area contributed by atoms with Crippen molar-refractivity contribution >= 4 is 21.4 Å².